The Hall–Kier alpha value is -2.26. The van der Waals surface area contributed by atoms with Crippen LogP contribution < -0.4 is 5.14 Å². The lowest BCUT2D eigenvalue weighted by Gasteiger charge is -2.08. The number of nitrogens with two attached hydrogens (primary N) is 1. The molecule has 0 radical (unpaired) electrons. The van der Waals surface area contributed by atoms with E-state index in [1.165, 1.54) is 12.1 Å². The molecule has 0 aliphatic rings. The number of esters is 1. The summed E-state index contributed by atoms with van der Waals surface area (Å²) in [5.74, 6) is -0.408. The van der Waals surface area contributed by atoms with Crippen molar-refractivity contribution >= 4 is 16.0 Å². The van der Waals surface area contributed by atoms with Crippen LogP contribution in [0.15, 0.2) is 53.4 Å². The molecule has 2 aromatic carbocycles. The summed E-state index contributed by atoms with van der Waals surface area (Å²) in [7, 11) is -3.70. The van der Waals surface area contributed by atoms with E-state index in [0.29, 0.717) is 12.8 Å². The Morgan fingerprint density at radius 1 is 1.04 bits per heavy atom. The Kier molecular flexibility index (Phi) is 7.49. The SMILES string of the molecule is NS(=O)(=O)c1ccc(-c2ccc(CCCC(=O)OCC(O)CO)cc2)cc1. The Bertz CT molecular complexity index is 847. The molecule has 146 valence electrons. The van der Waals surface area contributed by atoms with Crippen molar-refractivity contribution in [3.05, 3.63) is 54.1 Å². The van der Waals surface area contributed by atoms with E-state index in [2.05, 4.69) is 0 Å². The van der Waals surface area contributed by atoms with Crippen LogP contribution in [0.2, 0.25) is 0 Å². The average Bonchev–Trinajstić information content (AvgIpc) is 2.66. The number of carbonyl (C=O) groups is 1. The highest BCUT2D eigenvalue weighted by molar-refractivity contribution is 7.89. The molecule has 0 amide bonds. The fourth-order valence-corrected chi connectivity index (χ4v) is 2.97. The molecule has 0 aliphatic carbocycles. The van der Waals surface area contributed by atoms with Crippen molar-refractivity contribution in [2.75, 3.05) is 13.2 Å². The van der Waals surface area contributed by atoms with Crippen LogP contribution in [0.5, 0.6) is 0 Å². The number of primary sulfonamides is 1. The number of benzene rings is 2. The molecule has 0 saturated heterocycles. The van der Waals surface area contributed by atoms with Gasteiger partial charge >= 0.3 is 5.97 Å². The van der Waals surface area contributed by atoms with Gasteiger partial charge in [0, 0.05) is 6.42 Å². The molecular formula is C19H23NO6S. The molecule has 0 aliphatic heterocycles. The summed E-state index contributed by atoms with van der Waals surface area (Å²) in [6.07, 6.45) is 0.494. The van der Waals surface area contributed by atoms with Gasteiger partial charge in [0.25, 0.3) is 0 Å². The molecule has 2 aromatic rings. The first-order valence-electron chi connectivity index (χ1n) is 8.46. The summed E-state index contributed by atoms with van der Waals surface area (Å²) in [4.78, 5) is 11.6. The highest BCUT2D eigenvalue weighted by Crippen LogP contribution is 2.22. The van der Waals surface area contributed by atoms with E-state index in [-0.39, 0.29) is 17.9 Å². The summed E-state index contributed by atoms with van der Waals surface area (Å²) < 4.78 is 27.4. The number of sulfonamides is 1. The third-order valence-corrected chi connectivity index (χ3v) is 4.89. The van der Waals surface area contributed by atoms with Gasteiger partial charge in [-0.05, 0) is 41.7 Å². The maximum absolute atomic E-state index is 11.5. The summed E-state index contributed by atoms with van der Waals surface area (Å²) in [6.45, 7) is -0.640. The minimum atomic E-state index is -3.70. The highest BCUT2D eigenvalue weighted by atomic mass is 32.2. The van der Waals surface area contributed by atoms with Crippen LogP contribution in [-0.2, 0) is 26.0 Å². The van der Waals surface area contributed by atoms with Gasteiger partial charge in [0.1, 0.15) is 12.7 Å². The van der Waals surface area contributed by atoms with Crippen molar-refractivity contribution in [3.63, 3.8) is 0 Å². The molecule has 0 spiro atoms. The summed E-state index contributed by atoms with van der Waals surface area (Å²) in [5, 5.41) is 22.9. The van der Waals surface area contributed by atoms with Gasteiger partial charge in [-0.25, -0.2) is 13.6 Å². The second-order valence-corrected chi connectivity index (χ2v) is 7.70. The molecular weight excluding hydrogens is 370 g/mol. The number of aliphatic hydroxyl groups is 2. The fourth-order valence-electron chi connectivity index (χ4n) is 2.45. The third kappa shape index (κ3) is 6.76. The van der Waals surface area contributed by atoms with Crippen LogP contribution >= 0.6 is 0 Å². The van der Waals surface area contributed by atoms with Crippen molar-refractivity contribution in [1.29, 1.82) is 0 Å². The van der Waals surface area contributed by atoms with E-state index in [1.54, 1.807) is 12.1 Å². The van der Waals surface area contributed by atoms with Crippen molar-refractivity contribution < 1.29 is 28.2 Å². The highest BCUT2D eigenvalue weighted by Gasteiger charge is 2.09. The van der Waals surface area contributed by atoms with Gasteiger partial charge in [0.05, 0.1) is 11.5 Å². The van der Waals surface area contributed by atoms with Crippen LogP contribution in [0.3, 0.4) is 0 Å². The molecule has 0 saturated carbocycles. The maximum Gasteiger partial charge on any atom is 0.305 e. The maximum atomic E-state index is 11.5. The van der Waals surface area contributed by atoms with Gasteiger partial charge < -0.3 is 14.9 Å². The smallest absolute Gasteiger partial charge is 0.305 e. The van der Waals surface area contributed by atoms with Crippen molar-refractivity contribution in [2.24, 2.45) is 5.14 Å². The van der Waals surface area contributed by atoms with E-state index in [0.717, 1.165) is 16.7 Å². The van der Waals surface area contributed by atoms with Crippen molar-refractivity contribution in [3.8, 4) is 11.1 Å². The van der Waals surface area contributed by atoms with Gasteiger partial charge in [0.2, 0.25) is 10.0 Å². The number of hydrogen-bond acceptors (Lipinski definition) is 6. The number of carbonyl (C=O) groups excluding carboxylic acids is 1. The first-order valence-corrected chi connectivity index (χ1v) is 10.0. The first-order chi connectivity index (χ1) is 12.8. The average molecular weight is 393 g/mol. The van der Waals surface area contributed by atoms with Gasteiger partial charge in [-0.1, -0.05) is 36.4 Å². The molecule has 4 N–H and O–H groups in total. The van der Waals surface area contributed by atoms with Gasteiger partial charge in [-0.3, -0.25) is 4.79 Å². The predicted molar refractivity (Wildman–Crippen MR) is 100 cm³/mol. The topological polar surface area (TPSA) is 127 Å². The number of ether oxygens (including phenoxy) is 1. The summed E-state index contributed by atoms with van der Waals surface area (Å²) in [5.41, 5.74) is 2.88. The number of rotatable bonds is 9. The fraction of sp³-hybridized carbons (Fsp3) is 0.316. The summed E-state index contributed by atoms with van der Waals surface area (Å²) in [6, 6.07) is 14.1. The molecule has 1 unspecified atom stereocenters. The molecule has 0 fully saturated rings. The van der Waals surface area contributed by atoms with Crippen LogP contribution in [0.25, 0.3) is 11.1 Å². The molecule has 0 heterocycles. The molecule has 2 rings (SSSR count). The number of aliphatic hydroxyl groups excluding tert-OH is 2. The van der Waals surface area contributed by atoms with E-state index in [9.17, 15) is 13.2 Å². The van der Waals surface area contributed by atoms with E-state index in [4.69, 9.17) is 20.1 Å². The lowest BCUT2D eigenvalue weighted by atomic mass is 10.0. The minimum Gasteiger partial charge on any atom is -0.463 e. The number of hydrogen-bond donors (Lipinski definition) is 3. The second-order valence-electron chi connectivity index (χ2n) is 6.14. The van der Waals surface area contributed by atoms with E-state index < -0.39 is 28.7 Å². The quantitative estimate of drug-likeness (QED) is 0.550. The van der Waals surface area contributed by atoms with E-state index >= 15 is 0 Å². The minimum absolute atomic E-state index is 0.0706. The van der Waals surface area contributed by atoms with Crippen molar-refractivity contribution in [2.45, 2.75) is 30.3 Å². The van der Waals surface area contributed by atoms with Crippen LogP contribution in [0.4, 0.5) is 0 Å². The zero-order valence-corrected chi connectivity index (χ0v) is 15.6. The Labute approximate surface area is 158 Å². The molecule has 1 atom stereocenters. The molecule has 8 heteroatoms. The Balaban J connectivity index is 1.85. The molecule has 0 bridgehead atoms. The zero-order chi connectivity index (χ0) is 19.9. The Morgan fingerprint density at radius 3 is 2.11 bits per heavy atom. The predicted octanol–water partition coefficient (Wildman–Crippen LogP) is 1.22. The van der Waals surface area contributed by atoms with Crippen LogP contribution in [0, 0.1) is 0 Å². The van der Waals surface area contributed by atoms with Gasteiger partial charge in [0.15, 0.2) is 0 Å². The second kappa shape index (κ2) is 9.61. The van der Waals surface area contributed by atoms with E-state index in [1.807, 2.05) is 24.3 Å². The van der Waals surface area contributed by atoms with Crippen LogP contribution in [0.1, 0.15) is 18.4 Å². The standard InChI is InChI=1S/C19H23NO6S/c20-27(24,25)18-10-8-16(9-11-18)15-6-4-14(5-7-15)2-1-3-19(23)26-13-17(22)12-21/h4-11,17,21-22H,1-3,12-13H2,(H2,20,24,25). The first kappa shape index (κ1) is 21.0. The normalized spacial score (nSPS) is 12.6. The number of aryl methyl sites for hydroxylation is 1. The van der Waals surface area contributed by atoms with Crippen molar-refractivity contribution in [1.82, 2.24) is 0 Å². The molecule has 7 nitrogen and oxygen atoms in total. The van der Waals surface area contributed by atoms with Gasteiger partial charge in [-0.15, -0.1) is 0 Å². The van der Waals surface area contributed by atoms with Crippen LogP contribution in [-0.4, -0.2) is 43.9 Å². The summed E-state index contributed by atoms with van der Waals surface area (Å²) >= 11 is 0. The van der Waals surface area contributed by atoms with Gasteiger partial charge in [-0.2, -0.15) is 0 Å². The largest absolute Gasteiger partial charge is 0.463 e. The Morgan fingerprint density at radius 2 is 1.59 bits per heavy atom. The lowest BCUT2D eigenvalue weighted by Crippen LogP contribution is -2.21. The zero-order valence-electron chi connectivity index (χ0n) is 14.7. The monoisotopic (exact) mass is 393 g/mol. The molecule has 0 aromatic heterocycles. The third-order valence-electron chi connectivity index (χ3n) is 3.96. The molecule has 27 heavy (non-hydrogen) atoms. The lowest BCUT2D eigenvalue weighted by molar-refractivity contribution is -0.147.